The number of methoxy groups -OCH3 is 1. The van der Waals surface area contributed by atoms with E-state index in [-0.39, 0.29) is 6.04 Å². The van der Waals surface area contributed by atoms with Crippen LogP contribution in [0, 0.1) is 0 Å². The number of hydrogen-bond donors (Lipinski definition) is 2. The summed E-state index contributed by atoms with van der Waals surface area (Å²) in [5.74, 6) is 0.973. The van der Waals surface area contributed by atoms with Crippen LogP contribution >= 0.6 is 0 Å². The van der Waals surface area contributed by atoms with Gasteiger partial charge in [-0.3, -0.25) is 9.98 Å². The zero-order valence-corrected chi connectivity index (χ0v) is 10.0. The summed E-state index contributed by atoms with van der Waals surface area (Å²) in [5, 5.41) is 6.74. The molecule has 2 heterocycles. The van der Waals surface area contributed by atoms with Gasteiger partial charge in [0.2, 0.25) is 0 Å². The van der Waals surface area contributed by atoms with E-state index in [1.165, 1.54) is 0 Å². The first-order valence-electron chi connectivity index (χ1n) is 5.82. The smallest absolute Gasteiger partial charge is 0.118 e. The lowest BCUT2D eigenvalue weighted by Crippen LogP contribution is -2.43. The van der Waals surface area contributed by atoms with Crippen LogP contribution in [0.15, 0.2) is 29.5 Å². The van der Waals surface area contributed by atoms with E-state index < -0.39 is 0 Å². The Bertz CT molecular complexity index is 366. The van der Waals surface area contributed by atoms with Gasteiger partial charge in [0.25, 0.3) is 0 Å². The Hall–Kier alpha value is -1.46. The Morgan fingerprint density at radius 2 is 2.53 bits per heavy atom. The molecule has 0 saturated carbocycles. The number of pyridine rings is 1. The maximum Gasteiger partial charge on any atom is 0.118 e. The minimum atomic E-state index is 0.120. The average Bonchev–Trinajstić information content (AvgIpc) is 2.41. The molecule has 92 valence electrons. The fraction of sp³-hybridized carbons (Fsp3) is 0.500. The number of rotatable bonds is 4. The number of aromatic nitrogens is 1. The van der Waals surface area contributed by atoms with Crippen molar-refractivity contribution in [1.82, 2.24) is 15.6 Å². The average molecular weight is 234 g/mol. The maximum absolute atomic E-state index is 5.02. The van der Waals surface area contributed by atoms with E-state index in [9.17, 15) is 0 Å². The number of nitrogens with one attached hydrogen (secondary N) is 2. The highest BCUT2D eigenvalue weighted by Gasteiger charge is 2.20. The van der Waals surface area contributed by atoms with Crippen molar-refractivity contribution in [3.05, 3.63) is 30.1 Å². The summed E-state index contributed by atoms with van der Waals surface area (Å²) >= 11 is 0. The van der Waals surface area contributed by atoms with Gasteiger partial charge in [-0.1, -0.05) is 6.07 Å². The number of amidine groups is 1. The molecule has 1 aromatic heterocycles. The van der Waals surface area contributed by atoms with Crippen LogP contribution in [0.25, 0.3) is 0 Å². The minimum absolute atomic E-state index is 0.120. The Balaban J connectivity index is 2.04. The van der Waals surface area contributed by atoms with E-state index in [2.05, 4.69) is 26.7 Å². The molecule has 0 saturated heterocycles. The van der Waals surface area contributed by atoms with E-state index in [4.69, 9.17) is 4.74 Å². The summed E-state index contributed by atoms with van der Waals surface area (Å²) < 4.78 is 5.02. The third-order valence-corrected chi connectivity index (χ3v) is 2.65. The van der Waals surface area contributed by atoms with Gasteiger partial charge in [0.15, 0.2) is 0 Å². The molecule has 2 N–H and O–H groups in total. The monoisotopic (exact) mass is 234 g/mol. The van der Waals surface area contributed by atoms with E-state index in [0.717, 1.165) is 31.0 Å². The van der Waals surface area contributed by atoms with Crippen molar-refractivity contribution in [2.45, 2.75) is 6.04 Å². The van der Waals surface area contributed by atoms with Crippen molar-refractivity contribution >= 4 is 5.84 Å². The Labute approximate surface area is 101 Å². The largest absolute Gasteiger partial charge is 0.383 e. The summed E-state index contributed by atoms with van der Waals surface area (Å²) in [6.07, 6.45) is 3.65. The van der Waals surface area contributed by atoms with Crippen molar-refractivity contribution in [3.8, 4) is 0 Å². The molecule has 5 nitrogen and oxygen atoms in total. The first kappa shape index (κ1) is 12.0. The predicted molar refractivity (Wildman–Crippen MR) is 67.2 cm³/mol. The van der Waals surface area contributed by atoms with Crippen LogP contribution in [-0.2, 0) is 4.74 Å². The van der Waals surface area contributed by atoms with Crippen LogP contribution in [0.4, 0.5) is 0 Å². The van der Waals surface area contributed by atoms with Gasteiger partial charge in [0.1, 0.15) is 5.84 Å². The molecule has 0 amide bonds. The highest BCUT2D eigenvalue weighted by Crippen LogP contribution is 2.14. The molecule has 0 spiro atoms. The zero-order chi connectivity index (χ0) is 11.9. The van der Waals surface area contributed by atoms with Gasteiger partial charge < -0.3 is 15.4 Å². The molecule has 1 unspecified atom stereocenters. The molecule has 0 radical (unpaired) electrons. The van der Waals surface area contributed by atoms with Gasteiger partial charge in [-0.15, -0.1) is 0 Å². The SMILES string of the molecule is COCCNC1=NCCNC1c1cccnc1. The summed E-state index contributed by atoms with van der Waals surface area (Å²) in [6, 6.07) is 4.12. The second-order valence-electron chi connectivity index (χ2n) is 3.86. The van der Waals surface area contributed by atoms with Crippen molar-refractivity contribution in [3.63, 3.8) is 0 Å². The highest BCUT2D eigenvalue weighted by molar-refractivity contribution is 5.89. The van der Waals surface area contributed by atoms with E-state index in [0.29, 0.717) is 6.61 Å². The van der Waals surface area contributed by atoms with Crippen LogP contribution in [0.1, 0.15) is 11.6 Å². The molecule has 1 aromatic rings. The molecule has 0 bridgehead atoms. The third kappa shape index (κ3) is 3.25. The molecule has 5 heteroatoms. The summed E-state index contributed by atoms with van der Waals surface area (Å²) in [6.45, 7) is 3.16. The normalized spacial score (nSPS) is 19.8. The number of ether oxygens (including phenoxy) is 1. The minimum Gasteiger partial charge on any atom is -0.383 e. The molecular weight excluding hydrogens is 216 g/mol. The van der Waals surface area contributed by atoms with Gasteiger partial charge in [0.05, 0.1) is 19.2 Å². The maximum atomic E-state index is 5.02. The standard InChI is InChI=1S/C12H18N4O/c1-17-8-7-16-12-11(14-5-6-15-12)10-3-2-4-13-9-10/h2-4,9,11,14H,5-8H2,1H3,(H,15,16). The lowest BCUT2D eigenvalue weighted by Gasteiger charge is -2.25. The second kappa shape index (κ2) is 6.32. The molecule has 2 rings (SSSR count). The molecule has 0 fully saturated rings. The Morgan fingerprint density at radius 1 is 1.59 bits per heavy atom. The van der Waals surface area contributed by atoms with Crippen molar-refractivity contribution in [2.24, 2.45) is 4.99 Å². The topological polar surface area (TPSA) is 58.5 Å². The molecule has 1 aliphatic heterocycles. The lowest BCUT2D eigenvalue weighted by atomic mass is 10.1. The number of hydrogen-bond acceptors (Lipinski definition) is 5. The molecule has 0 aromatic carbocycles. The molecule has 1 atom stereocenters. The van der Waals surface area contributed by atoms with Gasteiger partial charge in [-0.25, -0.2) is 0 Å². The van der Waals surface area contributed by atoms with Gasteiger partial charge >= 0.3 is 0 Å². The number of aliphatic imine (C=N–C) groups is 1. The molecule has 17 heavy (non-hydrogen) atoms. The molecule has 1 aliphatic rings. The fourth-order valence-corrected chi connectivity index (χ4v) is 1.83. The third-order valence-electron chi connectivity index (χ3n) is 2.65. The fourth-order valence-electron chi connectivity index (χ4n) is 1.83. The molecular formula is C12H18N4O. The summed E-state index contributed by atoms with van der Waals surface area (Å²) in [5.41, 5.74) is 1.14. The van der Waals surface area contributed by atoms with Gasteiger partial charge in [0, 0.05) is 32.6 Å². The van der Waals surface area contributed by atoms with Gasteiger partial charge in [-0.05, 0) is 11.6 Å². The van der Waals surface area contributed by atoms with E-state index >= 15 is 0 Å². The summed E-state index contributed by atoms with van der Waals surface area (Å²) in [4.78, 5) is 8.66. The van der Waals surface area contributed by atoms with E-state index in [1.807, 2.05) is 12.3 Å². The molecule has 0 aliphatic carbocycles. The Morgan fingerprint density at radius 3 is 3.29 bits per heavy atom. The highest BCUT2D eigenvalue weighted by atomic mass is 16.5. The zero-order valence-electron chi connectivity index (χ0n) is 10.0. The van der Waals surface area contributed by atoms with Gasteiger partial charge in [-0.2, -0.15) is 0 Å². The van der Waals surface area contributed by atoms with Crippen molar-refractivity contribution < 1.29 is 4.74 Å². The predicted octanol–water partition coefficient (Wildman–Crippen LogP) is 0.360. The Kier molecular flexibility index (Phi) is 4.46. The number of nitrogens with zero attached hydrogens (tertiary/aromatic N) is 2. The van der Waals surface area contributed by atoms with Crippen LogP contribution in [-0.4, -0.2) is 44.2 Å². The quantitative estimate of drug-likeness (QED) is 0.739. The summed E-state index contributed by atoms with van der Waals surface area (Å²) in [7, 11) is 1.70. The van der Waals surface area contributed by atoms with Crippen LogP contribution in [0.2, 0.25) is 0 Å². The van der Waals surface area contributed by atoms with Crippen LogP contribution < -0.4 is 10.6 Å². The van der Waals surface area contributed by atoms with Crippen molar-refractivity contribution in [1.29, 1.82) is 0 Å². The van der Waals surface area contributed by atoms with Crippen LogP contribution in [0.3, 0.4) is 0 Å². The van der Waals surface area contributed by atoms with Crippen molar-refractivity contribution in [2.75, 3.05) is 33.4 Å². The van der Waals surface area contributed by atoms with E-state index in [1.54, 1.807) is 13.3 Å². The lowest BCUT2D eigenvalue weighted by molar-refractivity contribution is 0.203. The first-order valence-corrected chi connectivity index (χ1v) is 5.82. The van der Waals surface area contributed by atoms with Crippen LogP contribution in [0.5, 0.6) is 0 Å². The first-order chi connectivity index (χ1) is 8.42. The second-order valence-corrected chi connectivity index (χ2v) is 3.86.